The van der Waals surface area contributed by atoms with Crippen molar-refractivity contribution in [3.8, 4) is 0 Å². The van der Waals surface area contributed by atoms with Crippen LogP contribution in [-0.2, 0) is 9.84 Å². The zero-order valence-electron chi connectivity index (χ0n) is 14.4. The Bertz CT molecular complexity index is 783. The number of hydrogen-bond donors (Lipinski definition) is 1. The fourth-order valence-corrected chi connectivity index (χ4v) is 6.63. The molecule has 4 bridgehead atoms. The number of carbonyl (C=O) groups is 1. The highest BCUT2D eigenvalue weighted by atomic mass is 35.5. The number of carbonyl (C=O) groups excluding carboxylic acids is 1. The van der Waals surface area contributed by atoms with E-state index in [-0.39, 0.29) is 26.8 Å². The third-order valence-corrected chi connectivity index (χ3v) is 7.84. The lowest BCUT2D eigenvalue weighted by molar-refractivity contribution is -0.0503. The van der Waals surface area contributed by atoms with Crippen molar-refractivity contribution in [2.45, 2.75) is 43.4 Å². The van der Waals surface area contributed by atoms with Crippen LogP contribution in [0.2, 0.25) is 5.02 Å². The van der Waals surface area contributed by atoms with E-state index in [0.29, 0.717) is 6.54 Å². The lowest BCUT2D eigenvalue weighted by atomic mass is 9.49. The van der Waals surface area contributed by atoms with Gasteiger partial charge in [0.25, 0.3) is 5.91 Å². The number of hydrogen-bond acceptors (Lipinski definition) is 3. The van der Waals surface area contributed by atoms with E-state index in [0.717, 1.165) is 24.0 Å². The molecule has 0 aliphatic heterocycles. The summed E-state index contributed by atoms with van der Waals surface area (Å²) in [6.07, 6.45) is 8.90. The van der Waals surface area contributed by atoms with Gasteiger partial charge >= 0.3 is 0 Å². The van der Waals surface area contributed by atoms with Crippen molar-refractivity contribution < 1.29 is 13.2 Å². The topological polar surface area (TPSA) is 63.2 Å². The van der Waals surface area contributed by atoms with Gasteiger partial charge in [0, 0.05) is 12.8 Å². The summed E-state index contributed by atoms with van der Waals surface area (Å²) >= 11 is 6.14. The highest BCUT2D eigenvalue weighted by Gasteiger charge is 2.50. The molecule has 1 aromatic carbocycles. The molecule has 6 heteroatoms. The van der Waals surface area contributed by atoms with Crippen LogP contribution in [-0.4, -0.2) is 27.1 Å². The third kappa shape index (κ3) is 3.33. The summed E-state index contributed by atoms with van der Waals surface area (Å²) < 4.78 is 23.5. The van der Waals surface area contributed by atoms with Gasteiger partial charge in [0.15, 0.2) is 9.84 Å². The predicted molar refractivity (Wildman–Crippen MR) is 97.5 cm³/mol. The van der Waals surface area contributed by atoms with Crippen molar-refractivity contribution in [3.63, 3.8) is 0 Å². The smallest absolute Gasteiger partial charge is 0.252 e. The molecule has 1 amide bonds. The van der Waals surface area contributed by atoms with E-state index >= 15 is 0 Å². The Balaban J connectivity index is 1.50. The van der Waals surface area contributed by atoms with Crippen molar-refractivity contribution in [2.24, 2.45) is 23.2 Å². The Morgan fingerprint density at radius 1 is 1.16 bits per heavy atom. The van der Waals surface area contributed by atoms with E-state index in [4.69, 9.17) is 11.6 Å². The lowest BCUT2D eigenvalue weighted by Gasteiger charge is -2.56. The van der Waals surface area contributed by atoms with Crippen LogP contribution >= 0.6 is 11.6 Å². The highest BCUT2D eigenvalue weighted by Crippen LogP contribution is 2.59. The van der Waals surface area contributed by atoms with Gasteiger partial charge in [0.05, 0.1) is 15.5 Å². The van der Waals surface area contributed by atoms with Crippen molar-refractivity contribution >= 4 is 27.3 Å². The van der Waals surface area contributed by atoms with Crippen LogP contribution in [0.1, 0.15) is 48.9 Å². The summed E-state index contributed by atoms with van der Waals surface area (Å²) in [5.41, 5.74) is 0.486. The maximum Gasteiger partial charge on any atom is 0.252 e. The van der Waals surface area contributed by atoms with Crippen LogP contribution in [0.25, 0.3) is 0 Å². The molecule has 136 valence electrons. The van der Waals surface area contributed by atoms with E-state index in [9.17, 15) is 13.2 Å². The summed E-state index contributed by atoms with van der Waals surface area (Å²) in [7, 11) is -3.37. The standard InChI is InChI=1S/C19H24ClNO3S/c1-25(23,24)15-2-3-17(20)16(7-15)18(22)21-11-19-8-12-4-13(9-19)6-14(5-12)10-19/h2-3,7,12-14H,4-6,8-11H2,1H3,(H,21,22). The second-order valence-electron chi connectivity index (χ2n) is 8.51. The van der Waals surface area contributed by atoms with Crippen LogP contribution in [0.3, 0.4) is 0 Å². The zero-order valence-corrected chi connectivity index (χ0v) is 16.0. The highest BCUT2D eigenvalue weighted by molar-refractivity contribution is 7.90. The number of halogens is 1. The monoisotopic (exact) mass is 381 g/mol. The van der Waals surface area contributed by atoms with Gasteiger partial charge in [-0.15, -0.1) is 0 Å². The Kier molecular flexibility index (Phi) is 4.15. The Morgan fingerprint density at radius 3 is 2.24 bits per heavy atom. The second-order valence-corrected chi connectivity index (χ2v) is 10.9. The minimum atomic E-state index is -3.37. The lowest BCUT2D eigenvalue weighted by Crippen LogP contribution is -2.51. The largest absolute Gasteiger partial charge is 0.351 e. The van der Waals surface area contributed by atoms with Gasteiger partial charge < -0.3 is 5.32 Å². The Hall–Kier alpha value is -1.07. The van der Waals surface area contributed by atoms with Crippen molar-refractivity contribution in [3.05, 3.63) is 28.8 Å². The molecule has 5 rings (SSSR count). The van der Waals surface area contributed by atoms with Gasteiger partial charge in [-0.05, 0) is 79.9 Å². The number of nitrogens with one attached hydrogen (secondary N) is 1. The van der Waals surface area contributed by atoms with Crippen LogP contribution in [0, 0.1) is 23.2 Å². The number of rotatable bonds is 4. The zero-order chi connectivity index (χ0) is 17.8. The first-order valence-corrected chi connectivity index (χ1v) is 11.3. The molecule has 4 fully saturated rings. The molecule has 0 unspecified atom stereocenters. The molecule has 0 spiro atoms. The predicted octanol–water partition coefficient (Wildman–Crippen LogP) is 3.69. The first-order valence-electron chi connectivity index (χ1n) is 9.02. The number of benzene rings is 1. The quantitative estimate of drug-likeness (QED) is 0.865. The van der Waals surface area contributed by atoms with E-state index in [2.05, 4.69) is 5.32 Å². The van der Waals surface area contributed by atoms with Gasteiger partial charge in [0.2, 0.25) is 0 Å². The van der Waals surface area contributed by atoms with E-state index in [1.807, 2.05) is 0 Å². The second kappa shape index (κ2) is 5.98. The summed E-state index contributed by atoms with van der Waals surface area (Å²) in [6, 6.07) is 4.30. The Labute approximate surface area is 154 Å². The van der Waals surface area contributed by atoms with Gasteiger partial charge in [-0.1, -0.05) is 11.6 Å². The molecule has 0 saturated heterocycles. The molecular formula is C19H24ClNO3S. The van der Waals surface area contributed by atoms with Gasteiger partial charge in [-0.25, -0.2) is 8.42 Å². The summed E-state index contributed by atoms with van der Waals surface area (Å²) in [5, 5.41) is 3.34. The van der Waals surface area contributed by atoms with Crippen LogP contribution in [0.15, 0.2) is 23.1 Å². The molecule has 4 saturated carbocycles. The van der Waals surface area contributed by atoms with Crippen molar-refractivity contribution in [1.29, 1.82) is 0 Å². The maximum atomic E-state index is 12.6. The molecule has 1 aromatic rings. The number of amides is 1. The molecule has 4 aliphatic carbocycles. The van der Waals surface area contributed by atoms with Crippen molar-refractivity contribution in [2.75, 3.05) is 12.8 Å². The minimum absolute atomic E-state index is 0.122. The maximum absolute atomic E-state index is 12.6. The molecule has 4 aliphatic rings. The molecule has 0 heterocycles. The molecular weight excluding hydrogens is 358 g/mol. The van der Waals surface area contributed by atoms with Crippen LogP contribution in [0.4, 0.5) is 0 Å². The van der Waals surface area contributed by atoms with Crippen LogP contribution < -0.4 is 5.32 Å². The molecule has 0 atom stereocenters. The normalized spacial score (nSPS) is 33.4. The van der Waals surface area contributed by atoms with Gasteiger partial charge in [-0.2, -0.15) is 0 Å². The molecule has 0 aromatic heterocycles. The molecule has 4 nitrogen and oxygen atoms in total. The average molecular weight is 382 g/mol. The minimum Gasteiger partial charge on any atom is -0.351 e. The van der Waals surface area contributed by atoms with Crippen molar-refractivity contribution in [1.82, 2.24) is 5.32 Å². The fourth-order valence-electron chi connectivity index (χ4n) is 5.78. The average Bonchev–Trinajstić information content (AvgIpc) is 2.51. The molecule has 0 radical (unpaired) electrons. The molecule has 1 N–H and O–H groups in total. The van der Waals surface area contributed by atoms with E-state index < -0.39 is 9.84 Å². The fraction of sp³-hybridized carbons (Fsp3) is 0.632. The summed E-state index contributed by atoms with van der Waals surface area (Å²) in [5.74, 6) is 2.23. The van der Waals surface area contributed by atoms with Crippen LogP contribution in [0.5, 0.6) is 0 Å². The SMILES string of the molecule is CS(=O)(=O)c1ccc(Cl)c(C(=O)NCC23CC4CC(CC(C4)C2)C3)c1. The first kappa shape index (κ1) is 17.3. The summed E-state index contributed by atoms with van der Waals surface area (Å²) in [6.45, 7) is 0.675. The first-order chi connectivity index (χ1) is 11.7. The summed E-state index contributed by atoms with van der Waals surface area (Å²) in [4.78, 5) is 12.8. The van der Waals surface area contributed by atoms with E-state index in [1.165, 1.54) is 56.7 Å². The molecule has 25 heavy (non-hydrogen) atoms. The Morgan fingerprint density at radius 2 is 1.72 bits per heavy atom. The van der Waals surface area contributed by atoms with E-state index in [1.54, 1.807) is 0 Å². The van der Waals surface area contributed by atoms with Gasteiger partial charge in [0.1, 0.15) is 0 Å². The van der Waals surface area contributed by atoms with Gasteiger partial charge in [-0.3, -0.25) is 4.79 Å². The third-order valence-electron chi connectivity index (χ3n) is 6.40. The number of sulfone groups is 1.